The molecule has 1 rings (SSSR count). The van der Waals surface area contributed by atoms with Gasteiger partial charge in [0.15, 0.2) is 0 Å². The van der Waals surface area contributed by atoms with Crippen LogP contribution in [0.2, 0.25) is 0 Å². The smallest absolute Gasteiger partial charge is 0.0243 e. The van der Waals surface area contributed by atoms with Crippen LogP contribution in [0.5, 0.6) is 0 Å². The zero-order valence-electron chi connectivity index (χ0n) is 9.04. The Bertz CT molecular complexity index is 145. The third kappa shape index (κ3) is 1.99. The molecule has 1 saturated heterocycles. The van der Waals surface area contributed by atoms with Gasteiger partial charge < -0.3 is 9.80 Å². The maximum Gasteiger partial charge on any atom is 0.0243 e. The highest BCUT2D eigenvalue weighted by Crippen LogP contribution is 2.17. The van der Waals surface area contributed by atoms with E-state index < -0.39 is 0 Å². The minimum Gasteiger partial charge on any atom is -0.301 e. The predicted molar refractivity (Wildman–Crippen MR) is 53.3 cm³/mol. The van der Waals surface area contributed by atoms with Crippen molar-refractivity contribution in [3.63, 3.8) is 0 Å². The summed E-state index contributed by atoms with van der Waals surface area (Å²) in [4.78, 5) is 4.96. The molecule has 0 radical (unpaired) electrons. The van der Waals surface area contributed by atoms with Gasteiger partial charge in [-0.2, -0.15) is 0 Å². The molecule has 1 aliphatic heterocycles. The third-order valence-electron chi connectivity index (χ3n) is 3.12. The molecule has 0 saturated carbocycles. The van der Waals surface area contributed by atoms with Crippen LogP contribution in [0.15, 0.2) is 0 Å². The lowest BCUT2D eigenvalue weighted by atomic mass is 9.98. The van der Waals surface area contributed by atoms with E-state index in [1.54, 1.807) is 0 Å². The van der Waals surface area contributed by atoms with Crippen LogP contribution in [-0.4, -0.2) is 49.1 Å². The second-order valence-corrected chi connectivity index (χ2v) is 4.54. The second-order valence-electron chi connectivity index (χ2n) is 4.54. The molecule has 12 heavy (non-hydrogen) atoms. The molecular formula is C10H22N2. The van der Waals surface area contributed by atoms with Crippen LogP contribution in [0.1, 0.15) is 20.8 Å². The van der Waals surface area contributed by atoms with Gasteiger partial charge in [-0.15, -0.1) is 0 Å². The van der Waals surface area contributed by atoms with Crippen molar-refractivity contribution in [2.45, 2.75) is 32.9 Å². The highest BCUT2D eigenvalue weighted by molar-refractivity contribution is 4.84. The maximum absolute atomic E-state index is 2.50. The zero-order chi connectivity index (χ0) is 9.30. The Hall–Kier alpha value is -0.0800. The molecule has 2 heteroatoms. The minimum absolute atomic E-state index is 0.713. The molecule has 0 N–H and O–H groups in total. The van der Waals surface area contributed by atoms with Gasteiger partial charge in [-0.25, -0.2) is 0 Å². The van der Waals surface area contributed by atoms with Gasteiger partial charge in [0.25, 0.3) is 0 Å². The molecule has 0 aromatic rings. The van der Waals surface area contributed by atoms with Crippen LogP contribution < -0.4 is 0 Å². The number of nitrogens with zero attached hydrogens (tertiary/aromatic N) is 2. The van der Waals surface area contributed by atoms with E-state index in [1.165, 1.54) is 13.1 Å². The van der Waals surface area contributed by atoms with Crippen molar-refractivity contribution >= 4 is 0 Å². The average molecular weight is 170 g/mol. The van der Waals surface area contributed by atoms with E-state index in [1.807, 2.05) is 0 Å². The van der Waals surface area contributed by atoms with Crippen LogP contribution >= 0.6 is 0 Å². The molecule has 0 aromatic heterocycles. The average Bonchev–Trinajstić information content (AvgIpc) is 1.96. The zero-order valence-corrected chi connectivity index (χ0v) is 9.04. The quantitative estimate of drug-likeness (QED) is 0.585. The first-order valence-corrected chi connectivity index (χ1v) is 4.93. The topological polar surface area (TPSA) is 6.48 Å². The Morgan fingerprint density at radius 3 is 2.17 bits per heavy atom. The molecule has 0 aliphatic carbocycles. The summed E-state index contributed by atoms with van der Waals surface area (Å²) < 4.78 is 0. The van der Waals surface area contributed by atoms with Gasteiger partial charge in [-0.3, -0.25) is 0 Å². The van der Waals surface area contributed by atoms with Crippen molar-refractivity contribution in [3.05, 3.63) is 0 Å². The molecule has 1 fully saturated rings. The molecule has 2 nitrogen and oxygen atoms in total. The van der Waals surface area contributed by atoms with E-state index in [0.29, 0.717) is 6.04 Å². The van der Waals surface area contributed by atoms with Crippen LogP contribution in [0.4, 0.5) is 0 Å². The summed E-state index contributed by atoms with van der Waals surface area (Å²) in [6.45, 7) is 9.34. The van der Waals surface area contributed by atoms with Crippen LogP contribution in [0.3, 0.4) is 0 Å². The summed E-state index contributed by atoms with van der Waals surface area (Å²) in [6, 6.07) is 1.45. The van der Waals surface area contributed by atoms with E-state index in [2.05, 4.69) is 44.7 Å². The number of hydrogen-bond acceptors (Lipinski definition) is 2. The highest BCUT2D eigenvalue weighted by atomic mass is 15.3. The number of rotatable bonds is 1. The van der Waals surface area contributed by atoms with Crippen molar-refractivity contribution in [2.24, 2.45) is 5.92 Å². The van der Waals surface area contributed by atoms with E-state index in [-0.39, 0.29) is 0 Å². The Balaban J connectivity index is 2.55. The first-order valence-electron chi connectivity index (χ1n) is 4.93. The van der Waals surface area contributed by atoms with Crippen molar-refractivity contribution in [1.29, 1.82) is 0 Å². The largest absolute Gasteiger partial charge is 0.301 e. The normalized spacial score (nSPS) is 34.5. The van der Waals surface area contributed by atoms with Gasteiger partial charge in [0.1, 0.15) is 0 Å². The number of piperazine rings is 1. The molecule has 0 bridgehead atoms. The molecule has 0 spiro atoms. The number of hydrogen-bond donors (Lipinski definition) is 0. The van der Waals surface area contributed by atoms with Crippen molar-refractivity contribution in [2.75, 3.05) is 27.2 Å². The van der Waals surface area contributed by atoms with Gasteiger partial charge in [-0.1, -0.05) is 13.8 Å². The lowest BCUT2D eigenvalue weighted by molar-refractivity contribution is 0.0488. The number of likely N-dealkylation sites (N-methyl/N-ethyl adjacent to an activating group) is 2. The summed E-state index contributed by atoms with van der Waals surface area (Å²) in [5.41, 5.74) is 0. The SMILES string of the molecule is CC(C)C1CN(C)C(C)CN1C. The maximum atomic E-state index is 2.50. The third-order valence-corrected chi connectivity index (χ3v) is 3.12. The van der Waals surface area contributed by atoms with Crippen LogP contribution in [0, 0.1) is 5.92 Å². The summed E-state index contributed by atoms with van der Waals surface area (Å²) in [5.74, 6) is 0.768. The molecule has 0 amide bonds. The molecule has 0 aromatic carbocycles. The highest BCUT2D eigenvalue weighted by Gasteiger charge is 2.28. The lowest BCUT2D eigenvalue weighted by Crippen LogP contribution is -2.56. The van der Waals surface area contributed by atoms with Crippen molar-refractivity contribution in [1.82, 2.24) is 9.80 Å². The van der Waals surface area contributed by atoms with Crippen LogP contribution in [0.25, 0.3) is 0 Å². The summed E-state index contributed by atoms with van der Waals surface area (Å²) in [5, 5.41) is 0. The summed E-state index contributed by atoms with van der Waals surface area (Å²) in [6.07, 6.45) is 0. The van der Waals surface area contributed by atoms with Gasteiger partial charge in [-0.05, 0) is 26.9 Å². The standard InChI is InChI=1S/C10H22N2/c1-8(2)10-7-11(4)9(3)6-12(10)5/h8-10H,6-7H2,1-5H3. The van der Waals surface area contributed by atoms with Crippen molar-refractivity contribution in [3.8, 4) is 0 Å². The Morgan fingerprint density at radius 1 is 1.08 bits per heavy atom. The van der Waals surface area contributed by atoms with E-state index in [0.717, 1.165) is 12.0 Å². The Kier molecular flexibility index (Phi) is 3.13. The van der Waals surface area contributed by atoms with E-state index >= 15 is 0 Å². The minimum atomic E-state index is 0.713. The fourth-order valence-electron chi connectivity index (χ4n) is 2.03. The molecule has 1 aliphatic rings. The lowest BCUT2D eigenvalue weighted by Gasteiger charge is -2.43. The van der Waals surface area contributed by atoms with Gasteiger partial charge in [0.2, 0.25) is 0 Å². The fourth-order valence-corrected chi connectivity index (χ4v) is 2.03. The van der Waals surface area contributed by atoms with Crippen molar-refractivity contribution < 1.29 is 0 Å². The monoisotopic (exact) mass is 170 g/mol. The van der Waals surface area contributed by atoms with E-state index in [9.17, 15) is 0 Å². The molecular weight excluding hydrogens is 148 g/mol. The fraction of sp³-hybridized carbons (Fsp3) is 1.00. The van der Waals surface area contributed by atoms with Gasteiger partial charge in [0, 0.05) is 25.2 Å². The van der Waals surface area contributed by atoms with Gasteiger partial charge in [0.05, 0.1) is 0 Å². The first kappa shape index (κ1) is 10.0. The summed E-state index contributed by atoms with van der Waals surface area (Å²) >= 11 is 0. The van der Waals surface area contributed by atoms with Crippen LogP contribution in [-0.2, 0) is 0 Å². The predicted octanol–water partition coefficient (Wildman–Crippen LogP) is 1.28. The molecule has 2 unspecified atom stereocenters. The molecule has 2 atom stereocenters. The molecule has 72 valence electrons. The first-order chi connectivity index (χ1) is 5.52. The van der Waals surface area contributed by atoms with Gasteiger partial charge >= 0.3 is 0 Å². The Labute approximate surface area is 76.5 Å². The second kappa shape index (κ2) is 3.75. The van der Waals surface area contributed by atoms with E-state index in [4.69, 9.17) is 0 Å². The molecule has 1 heterocycles. The Morgan fingerprint density at radius 2 is 1.67 bits per heavy atom. The summed E-state index contributed by atoms with van der Waals surface area (Å²) in [7, 11) is 4.47.